The molecule has 0 aliphatic heterocycles. The van der Waals surface area contributed by atoms with Crippen LogP contribution < -0.4 is 5.32 Å². The molecule has 1 N–H and O–H groups in total. The van der Waals surface area contributed by atoms with E-state index in [4.69, 9.17) is 0 Å². The fraction of sp³-hybridized carbons (Fsp3) is 0.154. The fourth-order valence-electron chi connectivity index (χ4n) is 2.08. The Morgan fingerprint density at radius 1 is 1.33 bits per heavy atom. The molecule has 0 fully saturated rings. The number of aromatic nitrogens is 4. The van der Waals surface area contributed by atoms with Crippen molar-refractivity contribution in [3.63, 3.8) is 0 Å². The number of nitro groups is 1. The molecule has 0 spiro atoms. The molecule has 8 nitrogen and oxygen atoms in total. The van der Waals surface area contributed by atoms with Crippen molar-refractivity contribution < 1.29 is 4.92 Å². The number of rotatable bonds is 3. The van der Waals surface area contributed by atoms with Crippen LogP contribution in [0.2, 0.25) is 0 Å². The average Bonchev–Trinajstić information content (AvgIpc) is 2.84. The van der Waals surface area contributed by atoms with Gasteiger partial charge in [0.25, 0.3) is 5.69 Å². The number of fused-ring (bicyclic) bond motifs is 1. The number of benzene rings is 1. The molecule has 0 saturated carbocycles. The van der Waals surface area contributed by atoms with E-state index in [0.29, 0.717) is 22.7 Å². The van der Waals surface area contributed by atoms with E-state index in [9.17, 15) is 10.1 Å². The van der Waals surface area contributed by atoms with E-state index in [-0.39, 0.29) is 5.69 Å². The molecule has 8 heteroatoms. The highest BCUT2D eigenvalue weighted by molar-refractivity contribution is 5.88. The monoisotopic (exact) mass is 284 g/mol. The number of nitro benzene ring substituents is 1. The highest BCUT2D eigenvalue weighted by Gasteiger charge is 2.13. The Morgan fingerprint density at radius 2 is 2.14 bits per heavy atom. The molecule has 2 aromatic heterocycles. The van der Waals surface area contributed by atoms with Gasteiger partial charge >= 0.3 is 0 Å². The largest absolute Gasteiger partial charge is 0.339 e. The number of anilines is 2. The summed E-state index contributed by atoms with van der Waals surface area (Å²) in [4.78, 5) is 18.9. The van der Waals surface area contributed by atoms with Gasteiger partial charge in [0.15, 0.2) is 5.65 Å². The molecule has 1 aromatic carbocycles. The van der Waals surface area contributed by atoms with Crippen LogP contribution in [-0.2, 0) is 7.05 Å². The van der Waals surface area contributed by atoms with Crippen molar-refractivity contribution in [3.05, 3.63) is 46.4 Å². The normalized spacial score (nSPS) is 10.8. The summed E-state index contributed by atoms with van der Waals surface area (Å²) in [5.74, 6) is 0.561. The molecule has 0 aliphatic rings. The topological polar surface area (TPSA) is 98.8 Å². The summed E-state index contributed by atoms with van der Waals surface area (Å²) < 4.78 is 1.64. The molecular formula is C13H12N6O2. The Bertz CT molecular complexity index is 842. The minimum absolute atomic E-state index is 0.0662. The van der Waals surface area contributed by atoms with Gasteiger partial charge in [0.1, 0.15) is 12.1 Å². The molecule has 0 atom stereocenters. The molecule has 0 radical (unpaired) electrons. The van der Waals surface area contributed by atoms with Gasteiger partial charge in [-0.3, -0.25) is 14.8 Å². The molecule has 0 saturated heterocycles. The molecule has 0 bridgehead atoms. The Hall–Kier alpha value is -3.03. The lowest BCUT2D eigenvalue weighted by atomic mass is 10.2. The lowest BCUT2D eigenvalue weighted by Crippen LogP contribution is -1.98. The van der Waals surface area contributed by atoms with Gasteiger partial charge in [0.05, 0.1) is 16.5 Å². The zero-order valence-corrected chi connectivity index (χ0v) is 11.4. The standard InChI is InChI=1S/C13H12N6O2/c1-8-3-4-9(5-11(8)19(20)21)17-12-10-6-16-18(2)13(10)15-7-14-12/h3-7H,1-2H3,(H,14,15,17). The summed E-state index contributed by atoms with van der Waals surface area (Å²) in [6.45, 7) is 1.70. The lowest BCUT2D eigenvalue weighted by molar-refractivity contribution is -0.385. The third-order valence-corrected chi connectivity index (χ3v) is 3.20. The van der Waals surface area contributed by atoms with Crippen molar-refractivity contribution in [2.24, 2.45) is 7.05 Å². The Kier molecular flexibility index (Phi) is 2.98. The molecule has 2 heterocycles. The summed E-state index contributed by atoms with van der Waals surface area (Å²) >= 11 is 0. The van der Waals surface area contributed by atoms with Crippen LogP contribution >= 0.6 is 0 Å². The maximum Gasteiger partial charge on any atom is 0.274 e. The van der Waals surface area contributed by atoms with Gasteiger partial charge in [0.2, 0.25) is 0 Å². The predicted octanol–water partition coefficient (Wildman–Crippen LogP) is 2.32. The van der Waals surface area contributed by atoms with Gasteiger partial charge in [-0.05, 0) is 13.0 Å². The highest BCUT2D eigenvalue weighted by Crippen LogP contribution is 2.26. The first-order chi connectivity index (χ1) is 10.1. The molecule has 0 unspecified atom stereocenters. The average molecular weight is 284 g/mol. The number of nitrogens with one attached hydrogen (secondary N) is 1. The minimum Gasteiger partial charge on any atom is -0.339 e. The molecular weight excluding hydrogens is 272 g/mol. The smallest absolute Gasteiger partial charge is 0.274 e. The van der Waals surface area contributed by atoms with E-state index in [1.165, 1.54) is 12.4 Å². The molecule has 3 rings (SSSR count). The summed E-state index contributed by atoms with van der Waals surface area (Å²) in [5.41, 5.74) is 1.96. The SMILES string of the molecule is Cc1ccc(Nc2ncnc3c2cnn3C)cc1[N+](=O)[O-]. The first kappa shape index (κ1) is 13.0. The van der Waals surface area contributed by atoms with Crippen molar-refractivity contribution >= 4 is 28.2 Å². The third-order valence-electron chi connectivity index (χ3n) is 3.20. The van der Waals surface area contributed by atoms with E-state index in [2.05, 4.69) is 20.4 Å². The second kappa shape index (κ2) is 4.82. The van der Waals surface area contributed by atoms with Crippen molar-refractivity contribution in [2.75, 3.05) is 5.32 Å². The van der Waals surface area contributed by atoms with Gasteiger partial charge in [-0.2, -0.15) is 5.10 Å². The second-order valence-corrected chi connectivity index (χ2v) is 4.61. The van der Waals surface area contributed by atoms with E-state index < -0.39 is 4.92 Å². The van der Waals surface area contributed by atoms with Gasteiger partial charge < -0.3 is 5.32 Å². The van der Waals surface area contributed by atoms with Crippen LogP contribution in [-0.4, -0.2) is 24.7 Å². The van der Waals surface area contributed by atoms with E-state index in [0.717, 1.165) is 5.39 Å². The summed E-state index contributed by atoms with van der Waals surface area (Å²) in [5, 5.41) is 18.9. The number of hydrogen-bond donors (Lipinski definition) is 1. The summed E-state index contributed by atoms with van der Waals surface area (Å²) in [6.07, 6.45) is 3.08. The van der Waals surface area contributed by atoms with Gasteiger partial charge in [-0.1, -0.05) is 6.07 Å². The molecule has 0 amide bonds. The van der Waals surface area contributed by atoms with Gasteiger partial charge in [0, 0.05) is 24.4 Å². The van der Waals surface area contributed by atoms with Crippen LogP contribution in [0.1, 0.15) is 5.56 Å². The number of hydrogen-bond acceptors (Lipinski definition) is 6. The number of aryl methyl sites for hydroxylation is 2. The Balaban J connectivity index is 2.03. The first-order valence-electron chi connectivity index (χ1n) is 6.21. The van der Waals surface area contributed by atoms with E-state index in [1.807, 2.05) is 0 Å². The van der Waals surface area contributed by atoms with Gasteiger partial charge in [-0.15, -0.1) is 0 Å². The fourth-order valence-corrected chi connectivity index (χ4v) is 2.08. The maximum absolute atomic E-state index is 11.0. The van der Waals surface area contributed by atoms with Crippen LogP contribution in [0, 0.1) is 17.0 Å². The quantitative estimate of drug-likeness (QED) is 0.585. The molecule has 21 heavy (non-hydrogen) atoms. The zero-order chi connectivity index (χ0) is 15.0. The number of nitrogens with zero attached hydrogens (tertiary/aromatic N) is 5. The van der Waals surface area contributed by atoms with Crippen LogP contribution in [0.5, 0.6) is 0 Å². The van der Waals surface area contributed by atoms with Crippen molar-refractivity contribution in [3.8, 4) is 0 Å². The zero-order valence-electron chi connectivity index (χ0n) is 11.4. The van der Waals surface area contributed by atoms with Crippen LogP contribution in [0.3, 0.4) is 0 Å². The predicted molar refractivity (Wildman–Crippen MR) is 77.4 cm³/mol. The Labute approximate surface area is 119 Å². The third kappa shape index (κ3) is 2.27. The van der Waals surface area contributed by atoms with Crippen molar-refractivity contribution in [1.82, 2.24) is 19.7 Å². The molecule has 3 aromatic rings. The second-order valence-electron chi connectivity index (χ2n) is 4.61. The lowest BCUT2D eigenvalue weighted by Gasteiger charge is -2.07. The summed E-state index contributed by atoms with van der Waals surface area (Å²) in [6, 6.07) is 4.95. The Morgan fingerprint density at radius 3 is 2.90 bits per heavy atom. The van der Waals surface area contributed by atoms with Crippen LogP contribution in [0.25, 0.3) is 11.0 Å². The van der Waals surface area contributed by atoms with E-state index in [1.54, 1.807) is 37.0 Å². The maximum atomic E-state index is 11.0. The van der Waals surface area contributed by atoms with E-state index >= 15 is 0 Å². The molecule has 0 aliphatic carbocycles. The van der Waals surface area contributed by atoms with Crippen molar-refractivity contribution in [1.29, 1.82) is 0 Å². The van der Waals surface area contributed by atoms with Crippen molar-refractivity contribution in [2.45, 2.75) is 6.92 Å². The molecule has 106 valence electrons. The highest BCUT2D eigenvalue weighted by atomic mass is 16.6. The first-order valence-corrected chi connectivity index (χ1v) is 6.21. The van der Waals surface area contributed by atoms with Crippen LogP contribution in [0.4, 0.5) is 17.2 Å². The van der Waals surface area contributed by atoms with Crippen LogP contribution in [0.15, 0.2) is 30.7 Å². The van der Waals surface area contributed by atoms with Gasteiger partial charge in [-0.25, -0.2) is 9.97 Å². The minimum atomic E-state index is -0.403. The summed E-state index contributed by atoms with van der Waals surface area (Å²) in [7, 11) is 1.79.